The van der Waals surface area contributed by atoms with Gasteiger partial charge < -0.3 is 14.8 Å². The molecule has 2 aliphatic rings. The fourth-order valence-electron chi connectivity index (χ4n) is 7.62. The average molecular weight is 800 g/mol. The standard InChI is InChI=1S/C23H21N5O2.C22H20N6O2/c1-15(29)13-16-3-5-17(6-4-16)20-14-24-22-26-25-21(28(22)27-20)23(11-12-23)18-7-9-19(30-2)10-8-18;1-14(29)24-17-7-3-15(4-8-17)19-13-23-28-20(26-27-21(28)25-19)22(11-12-22)16-5-9-18(30-2)10-6-16/h3-10,14H,11-13H2,1-2H3;3-10,13H,11-12H2,1-2H3,(H,24,29). The Bertz CT molecular complexity index is 2850. The summed E-state index contributed by atoms with van der Waals surface area (Å²) in [6, 6.07) is 31.5. The second kappa shape index (κ2) is 15.4. The van der Waals surface area contributed by atoms with Crippen molar-refractivity contribution in [2.24, 2.45) is 0 Å². The van der Waals surface area contributed by atoms with Gasteiger partial charge in [-0.25, -0.2) is 9.97 Å². The van der Waals surface area contributed by atoms with Crippen LogP contribution < -0.4 is 14.8 Å². The van der Waals surface area contributed by atoms with Crippen LogP contribution in [0.1, 0.15) is 67.9 Å². The largest absolute Gasteiger partial charge is 0.497 e. The molecule has 10 rings (SSSR count). The Morgan fingerprint density at radius 3 is 1.70 bits per heavy atom. The zero-order chi connectivity index (χ0) is 41.4. The molecule has 4 aromatic heterocycles. The molecule has 2 saturated carbocycles. The van der Waals surface area contributed by atoms with Crippen molar-refractivity contribution >= 4 is 28.9 Å². The molecule has 15 nitrogen and oxygen atoms in total. The first-order chi connectivity index (χ1) is 29.2. The fourth-order valence-corrected chi connectivity index (χ4v) is 7.62. The third-order valence-corrected chi connectivity index (χ3v) is 11.1. The number of Topliss-reactive ketones (excluding diaryl/α,β-unsaturated/α-hetero) is 1. The predicted octanol–water partition coefficient (Wildman–Crippen LogP) is 6.64. The Morgan fingerprint density at radius 1 is 0.633 bits per heavy atom. The van der Waals surface area contributed by atoms with Gasteiger partial charge in [0, 0.05) is 30.2 Å². The van der Waals surface area contributed by atoms with Crippen LogP contribution in [0.3, 0.4) is 0 Å². The van der Waals surface area contributed by atoms with Crippen LogP contribution in [0.25, 0.3) is 34.1 Å². The number of carbonyl (C=O) groups is 2. The second-order valence-electron chi connectivity index (χ2n) is 15.2. The van der Waals surface area contributed by atoms with Gasteiger partial charge in [0.15, 0.2) is 11.6 Å². The van der Waals surface area contributed by atoms with Gasteiger partial charge >= 0.3 is 0 Å². The quantitative estimate of drug-likeness (QED) is 0.148. The second-order valence-corrected chi connectivity index (χ2v) is 15.2. The van der Waals surface area contributed by atoms with E-state index in [0.29, 0.717) is 23.7 Å². The van der Waals surface area contributed by atoms with Crippen LogP contribution in [0.2, 0.25) is 0 Å². The fraction of sp³-hybridized carbons (Fsp3) is 0.244. The molecule has 8 aromatic rings. The number of hydrogen-bond acceptors (Lipinski definition) is 12. The Balaban J connectivity index is 0.000000154. The number of amides is 1. The molecular weight excluding hydrogens is 759 g/mol. The number of aromatic nitrogens is 10. The number of nitrogens with one attached hydrogen (secondary N) is 1. The summed E-state index contributed by atoms with van der Waals surface area (Å²) in [5, 5.41) is 29.6. The highest BCUT2D eigenvalue weighted by Gasteiger charge is 2.51. The lowest BCUT2D eigenvalue weighted by Gasteiger charge is -2.14. The van der Waals surface area contributed by atoms with E-state index in [2.05, 4.69) is 65.0 Å². The Hall–Kier alpha value is -7.42. The van der Waals surface area contributed by atoms with E-state index in [1.807, 2.05) is 72.8 Å². The van der Waals surface area contributed by atoms with E-state index in [1.165, 1.54) is 18.1 Å². The van der Waals surface area contributed by atoms with Crippen molar-refractivity contribution in [3.8, 4) is 34.0 Å². The molecular formula is C45H41N11O4. The molecule has 4 aromatic carbocycles. The number of fused-ring (bicyclic) bond motifs is 2. The number of ketones is 1. The summed E-state index contributed by atoms with van der Waals surface area (Å²) >= 11 is 0. The molecule has 0 spiro atoms. The summed E-state index contributed by atoms with van der Waals surface area (Å²) in [6.45, 7) is 3.08. The summed E-state index contributed by atoms with van der Waals surface area (Å²) in [6.07, 6.45) is 7.84. The van der Waals surface area contributed by atoms with Crippen molar-refractivity contribution in [3.05, 3.63) is 138 Å². The molecule has 1 N–H and O–H groups in total. The lowest BCUT2D eigenvalue weighted by atomic mass is 9.95. The Morgan fingerprint density at radius 2 is 1.17 bits per heavy atom. The minimum Gasteiger partial charge on any atom is -0.497 e. The highest BCUT2D eigenvalue weighted by molar-refractivity contribution is 5.89. The summed E-state index contributed by atoms with van der Waals surface area (Å²) < 4.78 is 14.0. The van der Waals surface area contributed by atoms with E-state index in [0.717, 1.165) is 76.9 Å². The van der Waals surface area contributed by atoms with Gasteiger partial charge in [-0.1, -0.05) is 60.7 Å². The topological polar surface area (TPSA) is 177 Å². The van der Waals surface area contributed by atoms with Crippen LogP contribution in [0.4, 0.5) is 5.69 Å². The van der Waals surface area contributed by atoms with Crippen molar-refractivity contribution in [2.45, 2.75) is 56.8 Å². The van der Waals surface area contributed by atoms with Crippen molar-refractivity contribution in [3.63, 3.8) is 0 Å². The van der Waals surface area contributed by atoms with Crippen molar-refractivity contribution in [1.29, 1.82) is 0 Å². The van der Waals surface area contributed by atoms with Gasteiger partial charge in [-0.3, -0.25) is 9.59 Å². The lowest BCUT2D eigenvalue weighted by molar-refractivity contribution is -0.116. The molecule has 300 valence electrons. The first kappa shape index (κ1) is 38.1. The molecule has 1 amide bonds. The van der Waals surface area contributed by atoms with E-state index >= 15 is 0 Å². The smallest absolute Gasteiger partial charge is 0.272 e. The molecule has 15 heteroatoms. The van der Waals surface area contributed by atoms with Gasteiger partial charge in [-0.05, 0) is 85.7 Å². The van der Waals surface area contributed by atoms with Crippen LogP contribution in [-0.2, 0) is 26.8 Å². The number of benzene rings is 4. The molecule has 4 heterocycles. The van der Waals surface area contributed by atoms with E-state index in [-0.39, 0.29) is 22.5 Å². The maximum absolute atomic E-state index is 11.3. The van der Waals surface area contributed by atoms with Gasteiger partial charge in [0.05, 0.1) is 43.1 Å². The molecule has 0 atom stereocenters. The highest BCUT2D eigenvalue weighted by Crippen LogP contribution is 2.53. The van der Waals surface area contributed by atoms with E-state index in [9.17, 15) is 9.59 Å². The number of nitrogens with zero attached hydrogens (tertiary/aromatic N) is 10. The minimum atomic E-state index is -0.190. The number of ether oxygens (including phenoxy) is 2. The van der Waals surface area contributed by atoms with Crippen LogP contribution >= 0.6 is 0 Å². The van der Waals surface area contributed by atoms with Crippen LogP contribution in [0, 0.1) is 0 Å². The number of rotatable bonds is 11. The summed E-state index contributed by atoms with van der Waals surface area (Å²) in [4.78, 5) is 31.6. The van der Waals surface area contributed by atoms with Crippen LogP contribution in [-0.4, -0.2) is 75.5 Å². The first-order valence-corrected chi connectivity index (χ1v) is 19.6. The molecule has 0 aliphatic heterocycles. The summed E-state index contributed by atoms with van der Waals surface area (Å²) in [7, 11) is 3.33. The number of hydrogen-bond donors (Lipinski definition) is 1. The molecule has 2 fully saturated rings. The number of anilines is 1. The van der Waals surface area contributed by atoms with Gasteiger partial charge in [0.2, 0.25) is 5.91 Å². The Labute approximate surface area is 344 Å². The maximum atomic E-state index is 11.3. The first-order valence-electron chi connectivity index (χ1n) is 19.6. The zero-order valence-electron chi connectivity index (χ0n) is 33.5. The average Bonchev–Trinajstić information content (AvgIpc) is 4.18. The summed E-state index contributed by atoms with van der Waals surface area (Å²) in [5.41, 5.74) is 6.98. The molecule has 0 saturated heterocycles. The summed E-state index contributed by atoms with van der Waals surface area (Å²) in [5.74, 6) is 4.27. The monoisotopic (exact) mass is 799 g/mol. The number of methoxy groups -OCH3 is 2. The third-order valence-electron chi connectivity index (χ3n) is 11.1. The minimum absolute atomic E-state index is 0.106. The number of carbonyl (C=O) groups excluding carboxylic acids is 2. The van der Waals surface area contributed by atoms with Crippen molar-refractivity contribution < 1.29 is 19.1 Å². The Kier molecular flexibility index (Phi) is 9.78. The van der Waals surface area contributed by atoms with Gasteiger partial charge in [0.1, 0.15) is 23.0 Å². The predicted molar refractivity (Wildman–Crippen MR) is 223 cm³/mol. The highest BCUT2D eigenvalue weighted by atomic mass is 16.5. The van der Waals surface area contributed by atoms with Crippen molar-refractivity contribution in [2.75, 3.05) is 19.5 Å². The van der Waals surface area contributed by atoms with E-state index in [1.54, 1.807) is 42.6 Å². The van der Waals surface area contributed by atoms with Gasteiger partial charge in [0.25, 0.3) is 11.6 Å². The molecule has 0 bridgehead atoms. The van der Waals surface area contributed by atoms with Gasteiger partial charge in [-0.15, -0.1) is 20.4 Å². The normalized spacial score (nSPS) is 14.5. The zero-order valence-corrected chi connectivity index (χ0v) is 33.5. The lowest BCUT2D eigenvalue weighted by Crippen LogP contribution is -2.15. The van der Waals surface area contributed by atoms with E-state index in [4.69, 9.17) is 14.6 Å². The van der Waals surface area contributed by atoms with E-state index < -0.39 is 0 Å². The SMILES string of the molecule is COc1ccc(C2(c3nnc4nc(-c5ccc(NC(C)=O)cc5)cnn34)CC2)cc1.COc1ccc(C2(c3nnc4ncc(-c5ccc(CC(C)=O)cc5)nn34)CC2)cc1. The van der Waals surface area contributed by atoms with Crippen molar-refractivity contribution in [1.82, 2.24) is 49.6 Å². The third kappa shape index (κ3) is 7.29. The molecule has 0 radical (unpaired) electrons. The maximum Gasteiger partial charge on any atom is 0.272 e. The molecule has 60 heavy (non-hydrogen) atoms. The molecule has 0 unspecified atom stereocenters. The van der Waals surface area contributed by atoms with Crippen LogP contribution in [0.15, 0.2) is 109 Å². The molecule has 2 aliphatic carbocycles. The van der Waals surface area contributed by atoms with Crippen LogP contribution in [0.5, 0.6) is 11.5 Å². The van der Waals surface area contributed by atoms with Gasteiger partial charge in [-0.2, -0.15) is 19.2 Å².